The number of hydrogen-bond donors (Lipinski definition) is 0. The highest BCUT2D eigenvalue weighted by Gasteiger charge is 2.30. The van der Waals surface area contributed by atoms with Gasteiger partial charge in [-0.1, -0.05) is 12.1 Å². The van der Waals surface area contributed by atoms with Crippen LogP contribution >= 0.6 is 0 Å². The Bertz CT molecular complexity index is 749. The quantitative estimate of drug-likeness (QED) is 0.773. The van der Waals surface area contributed by atoms with Gasteiger partial charge in [-0.15, -0.1) is 0 Å². The van der Waals surface area contributed by atoms with E-state index in [0.29, 0.717) is 44.2 Å². The fourth-order valence-electron chi connectivity index (χ4n) is 3.57. The van der Waals surface area contributed by atoms with E-state index in [1.807, 2.05) is 30.9 Å². The van der Waals surface area contributed by atoms with Gasteiger partial charge < -0.3 is 9.64 Å². The first-order chi connectivity index (χ1) is 12.4. The Labute approximate surface area is 156 Å². The van der Waals surface area contributed by atoms with Crippen LogP contribution in [0.25, 0.3) is 0 Å². The summed E-state index contributed by atoms with van der Waals surface area (Å²) < 4.78 is 30.8. The topological polar surface area (TPSA) is 66.9 Å². The minimum atomic E-state index is -3.30. The lowest BCUT2D eigenvalue weighted by Gasteiger charge is -2.35. The summed E-state index contributed by atoms with van der Waals surface area (Å²) >= 11 is 0. The van der Waals surface area contributed by atoms with Crippen LogP contribution in [0.15, 0.2) is 23.1 Å². The van der Waals surface area contributed by atoms with Gasteiger partial charge in [0.05, 0.1) is 10.6 Å². The molecule has 144 valence electrons. The molecule has 1 amide bonds. The van der Waals surface area contributed by atoms with E-state index in [4.69, 9.17) is 4.74 Å². The molecule has 0 saturated carbocycles. The maximum Gasteiger partial charge on any atom is 0.251 e. The lowest BCUT2D eigenvalue weighted by atomic mass is 10.2. The first-order valence-electron chi connectivity index (χ1n) is 9.29. The maximum absolute atomic E-state index is 12.7. The van der Waals surface area contributed by atoms with Crippen molar-refractivity contribution in [1.29, 1.82) is 0 Å². The van der Waals surface area contributed by atoms with Crippen LogP contribution in [-0.2, 0) is 19.4 Å². The Morgan fingerprint density at radius 2 is 1.92 bits per heavy atom. The molecule has 26 heavy (non-hydrogen) atoms. The minimum Gasteiger partial charge on any atom is -0.368 e. The highest BCUT2D eigenvalue weighted by Crippen LogP contribution is 2.19. The molecule has 6 nitrogen and oxygen atoms in total. The van der Waals surface area contributed by atoms with Gasteiger partial charge in [0.15, 0.2) is 9.84 Å². The fraction of sp³-hybridized carbons (Fsp3) is 0.632. The molecule has 0 spiro atoms. The lowest BCUT2D eigenvalue weighted by molar-refractivity contribution is -0.142. The Balaban J connectivity index is 1.51. The Morgan fingerprint density at radius 3 is 2.58 bits per heavy atom. The summed E-state index contributed by atoms with van der Waals surface area (Å²) in [5.41, 5.74) is 1.75. The van der Waals surface area contributed by atoms with Crippen LogP contribution in [0.5, 0.6) is 0 Å². The fourth-order valence-corrected chi connectivity index (χ4v) is 5.21. The van der Waals surface area contributed by atoms with Crippen molar-refractivity contribution in [2.75, 3.05) is 45.1 Å². The van der Waals surface area contributed by atoms with E-state index in [1.165, 1.54) is 0 Å². The first-order valence-corrected chi connectivity index (χ1v) is 10.9. The van der Waals surface area contributed by atoms with Gasteiger partial charge in [0.1, 0.15) is 6.10 Å². The molecule has 2 heterocycles. The SMILES string of the molecule is Cc1ccc(C)c(S(=O)(=O)CCN2CCN(C(=O)[C@@H]3CCCO3)CC2)c1. The smallest absolute Gasteiger partial charge is 0.251 e. The van der Waals surface area contributed by atoms with Crippen molar-refractivity contribution < 1.29 is 17.9 Å². The molecular weight excluding hydrogens is 352 g/mol. The highest BCUT2D eigenvalue weighted by molar-refractivity contribution is 7.91. The predicted octanol–water partition coefficient (Wildman–Crippen LogP) is 1.40. The average molecular weight is 381 g/mol. The molecule has 1 aromatic carbocycles. The van der Waals surface area contributed by atoms with E-state index in [0.717, 1.165) is 24.0 Å². The van der Waals surface area contributed by atoms with Crippen LogP contribution in [-0.4, -0.2) is 75.3 Å². The molecule has 1 atom stereocenters. The summed E-state index contributed by atoms with van der Waals surface area (Å²) in [4.78, 5) is 16.8. The molecule has 2 aliphatic heterocycles. The van der Waals surface area contributed by atoms with E-state index < -0.39 is 9.84 Å². The van der Waals surface area contributed by atoms with Crippen LogP contribution in [0, 0.1) is 13.8 Å². The maximum atomic E-state index is 12.7. The second-order valence-corrected chi connectivity index (χ2v) is 9.33. The van der Waals surface area contributed by atoms with Gasteiger partial charge in [0, 0.05) is 39.3 Å². The zero-order valence-electron chi connectivity index (χ0n) is 15.6. The van der Waals surface area contributed by atoms with Gasteiger partial charge in [-0.25, -0.2) is 8.42 Å². The molecule has 2 aliphatic rings. The van der Waals surface area contributed by atoms with Gasteiger partial charge in [0.25, 0.3) is 5.91 Å². The van der Waals surface area contributed by atoms with Crippen LogP contribution in [0.4, 0.5) is 0 Å². The third kappa shape index (κ3) is 4.45. The highest BCUT2D eigenvalue weighted by atomic mass is 32.2. The van der Waals surface area contributed by atoms with Crippen molar-refractivity contribution in [3.05, 3.63) is 29.3 Å². The molecule has 2 fully saturated rings. The summed E-state index contributed by atoms with van der Waals surface area (Å²) in [5, 5.41) is 0. The number of rotatable bonds is 5. The molecule has 0 unspecified atom stereocenters. The Morgan fingerprint density at radius 1 is 1.19 bits per heavy atom. The van der Waals surface area contributed by atoms with Crippen LogP contribution in [0.1, 0.15) is 24.0 Å². The second kappa shape index (κ2) is 8.06. The number of sulfone groups is 1. The number of nitrogens with zero attached hydrogens (tertiary/aromatic N) is 2. The summed E-state index contributed by atoms with van der Waals surface area (Å²) in [7, 11) is -3.30. The number of amides is 1. The van der Waals surface area contributed by atoms with E-state index in [2.05, 4.69) is 4.90 Å². The van der Waals surface area contributed by atoms with Crippen molar-refractivity contribution in [3.63, 3.8) is 0 Å². The number of benzene rings is 1. The second-order valence-electron chi connectivity index (χ2n) is 7.26. The Hall–Kier alpha value is -1.44. The minimum absolute atomic E-state index is 0.0881. The van der Waals surface area contributed by atoms with Crippen molar-refractivity contribution in [2.24, 2.45) is 0 Å². The summed E-state index contributed by atoms with van der Waals surface area (Å²) in [6.07, 6.45) is 1.49. The van der Waals surface area contributed by atoms with E-state index in [-0.39, 0.29) is 17.8 Å². The number of aryl methyl sites for hydroxylation is 2. The molecular formula is C19H28N2O4S. The third-order valence-corrected chi connectivity index (χ3v) is 7.07. The van der Waals surface area contributed by atoms with E-state index >= 15 is 0 Å². The molecule has 0 radical (unpaired) electrons. The van der Waals surface area contributed by atoms with Gasteiger partial charge in [0.2, 0.25) is 0 Å². The van der Waals surface area contributed by atoms with Crippen molar-refractivity contribution in [3.8, 4) is 0 Å². The summed E-state index contributed by atoms with van der Waals surface area (Å²) in [6.45, 7) is 7.61. The molecule has 2 saturated heterocycles. The molecule has 7 heteroatoms. The number of ether oxygens (including phenoxy) is 1. The van der Waals surface area contributed by atoms with Gasteiger partial charge in [-0.3, -0.25) is 9.69 Å². The number of carbonyl (C=O) groups is 1. The van der Waals surface area contributed by atoms with Crippen molar-refractivity contribution in [1.82, 2.24) is 9.80 Å². The van der Waals surface area contributed by atoms with Gasteiger partial charge >= 0.3 is 0 Å². The molecule has 1 aromatic rings. The van der Waals surface area contributed by atoms with E-state index in [9.17, 15) is 13.2 Å². The first kappa shape index (κ1) is 19.3. The van der Waals surface area contributed by atoms with Crippen LogP contribution in [0.2, 0.25) is 0 Å². The van der Waals surface area contributed by atoms with Crippen LogP contribution in [0.3, 0.4) is 0 Å². The molecule has 0 bridgehead atoms. The van der Waals surface area contributed by atoms with Gasteiger partial charge in [-0.2, -0.15) is 0 Å². The van der Waals surface area contributed by atoms with Crippen molar-refractivity contribution >= 4 is 15.7 Å². The van der Waals surface area contributed by atoms with E-state index in [1.54, 1.807) is 6.07 Å². The predicted molar refractivity (Wildman–Crippen MR) is 100.0 cm³/mol. The van der Waals surface area contributed by atoms with Gasteiger partial charge in [-0.05, 0) is 43.9 Å². The summed E-state index contributed by atoms with van der Waals surface area (Å²) in [5.74, 6) is 0.196. The molecule has 0 aliphatic carbocycles. The summed E-state index contributed by atoms with van der Waals surface area (Å²) in [6, 6.07) is 5.54. The average Bonchev–Trinajstić information content (AvgIpc) is 3.16. The molecule has 3 rings (SSSR count). The lowest BCUT2D eigenvalue weighted by Crippen LogP contribution is -2.52. The Kier molecular flexibility index (Phi) is 5.99. The number of hydrogen-bond acceptors (Lipinski definition) is 5. The van der Waals surface area contributed by atoms with Crippen molar-refractivity contribution in [2.45, 2.75) is 37.7 Å². The number of carbonyl (C=O) groups excluding carboxylic acids is 1. The monoisotopic (exact) mass is 380 g/mol. The zero-order valence-corrected chi connectivity index (χ0v) is 16.4. The van der Waals surface area contributed by atoms with Crippen LogP contribution < -0.4 is 0 Å². The largest absolute Gasteiger partial charge is 0.368 e. The molecule has 0 N–H and O–H groups in total. The standard InChI is InChI=1S/C19H28N2O4S/c1-15-5-6-16(2)18(14-15)26(23,24)13-11-20-7-9-21(10-8-20)19(22)17-4-3-12-25-17/h5-6,14,17H,3-4,7-13H2,1-2H3/t17-/m0/s1. The zero-order chi connectivity index (χ0) is 18.7. The molecule has 0 aromatic heterocycles. The number of piperazine rings is 1. The normalized spacial score (nSPS) is 21.9. The third-order valence-electron chi connectivity index (χ3n) is 5.24.